The molecule has 0 saturated carbocycles. The monoisotopic (exact) mass is 490 g/mol. The molecule has 186 valence electrons. The Bertz CT molecular complexity index is 1100. The second-order valence-corrected chi connectivity index (χ2v) is 10.2. The largest absolute Gasteiger partial charge is 0.496 e. The first-order chi connectivity index (χ1) is 16.3. The normalized spacial score (nSPS) is 15.1. The van der Waals surface area contributed by atoms with Crippen LogP contribution in [0, 0.1) is 0 Å². The minimum atomic E-state index is -3.54. The number of aryl methyl sites for hydroxylation is 1. The number of benzene rings is 2. The lowest BCUT2D eigenvalue weighted by Crippen LogP contribution is -2.28. The van der Waals surface area contributed by atoms with Crippen molar-refractivity contribution in [3.05, 3.63) is 47.5 Å². The zero-order chi connectivity index (χ0) is 24.7. The van der Waals surface area contributed by atoms with Crippen LogP contribution in [0.5, 0.6) is 17.2 Å². The van der Waals surface area contributed by atoms with Crippen molar-refractivity contribution in [3.8, 4) is 17.2 Å². The topological polar surface area (TPSA) is 94.2 Å². The maximum absolute atomic E-state index is 13.0. The number of nitrogens with zero attached hydrogens (tertiary/aromatic N) is 1. The van der Waals surface area contributed by atoms with Crippen LogP contribution in [0.25, 0.3) is 0 Å². The van der Waals surface area contributed by atoms with Crippen LogP contribution in [0.2, 0.25) is 0 Å². The maximum atomic E-state index is 13.0. The molecule has 1 atom stereocenters. The standard InChI is InChI=1S/C25H34N2O6S/c1-5-21(18-8-11-23(32-3)24(17-18)33-4)26-25(28)13-9-19-16-20(10-12-22(19)31-2)34(29,30)27-14-6-7-15-27/h8,10-12,16-17,21H,5-7,9,13-15H2,1-4H3,(H,26,28). The smallest absolute Gasteiger partial charge is 0.243 e. The summed E-state index contributed by atoms with van der Waals surface area (Å²) in [5, 5.41) is 3.07. The lowest BCUT2D eigenvalue weighted by Gasteiger charge is -2.20. The van der Waals surface area contributed by atoms with Gasteiger partial charge in [0.2, 0.25) is 15.9 Å². The number of ether oxygens (including phenoxy) is 3. The minimum absolute atomic E-state index is 0.128. The number of sulfonamides is 1. The fourth-order valence-corrected chi connectivity index (χ4v) is 5.76. The highest BCUT2D eigenvalue weighted by atomic mass is 32.2. The molecule has 34 heavy (non-hydrogen) atoms. The van der Waals surface area contributed by atoms with Gasteiger partial charge in [-0.15, -0.1) is 0 Å². The highest BCUT2D eigenvalue weighted by Crippen LogP contribution is 2.31. The van der Waals surface area contributed by atoms with E-state index in [2.05, 4.69) is 5.32 Å². The Hall–Kier alpha value is -2.78. The summed E-state index contributed by atoms with van der Waals surface area (Å²) in [6.07, 6.45) is 3.02. The average molecular weight is 491 g/mol. The fourth-order valence-electron chi connectivity index (χ4n) is 4.19. The van der Waals surface area contributed by atoms with Crippen LogP contribution in [0.15, 0.2) is 41.3 Å². The number of hydrogen-bond donors (Lipinski definition) is 1. The molecule has 1 aliphatic rings. The van der Waals surface area contributed by atoms with Gasteiger partial charge in [-0.3, -0.25) is 4.79 Å². The summed E-state index contributed by atoms with van der Waals surface area (Å²) in [6.45, 7) is 3.08. The number of nitrogens with one attached hydrogen (secondary N) is 1. The van der Waals surface area contributed by atoms with Crippen molar-refractivity contribution in [1.82, 2.24) is 9.62 Å². The van der Waals surface area contributed by atoms with Gasteiger partial charge >= 0.3 is 0 Å². The SMILES string of the molecule is CCC(NC(=O)CCc1cc(S(=O)(=O)N2CCCC2)ccc1OC)c1ccc(OC)c(OC)c1. The molecule has 0 spiro atoms. The molecule has 1 fully saturated rings. The van der Waals surface area contributed by atoms with E-state index in [0.717, 1.165) is 18.4 Å². The highest BCUT2D eigenvalue weighted by Gasteiger charge is 2.28. The van der Waals surface area contributed by atoms with E-state index < -0.39 is 10.0 Å². The molecule has 1 saturated heterocycles. The van der Waals surface area contributed by atoms with Crippen LogP contribution in [0.3, 0.4) is 0 Å². The van der Waals surface area contributed by atoms with Crippen LogP contribution >= 0.6 is 0 Å². The first-order valence-electron chi connectivity index (χ1n) is 11.5. The second kappa shape index (κ2) is 11.6. The fraction of sp³-hybridized carbons (Fsp3) is 0.480. The highest BCUT2D eigenvalue weighted by molar-refractivity contribution is 7.89. The predicted octanol–water partition coefficient (Wildman–Crippen LogP) is 3.70. The van der Waals surface area contributed by atoms with Gasteiger partial charge in [-0.1, -0.05) is 13.0 Å². The van der Waals surface area contributed by atoms with E-state index in [0.29, 0.717) is 48.7 Å². The summed E-state index contributed by atoms with van der Waals surface area (Å²) < 4.78 is 43.5. The van der Waals surface area contributed by atoms with Gasteiger partial charge in [0.25, 0.3) is 0 Å². The van der Waals surface area contributed by atoms with E-state index in [9.17, 15) is 13.2 Å². The first kappa shape index (κ1) is 25.8. The van der Waals surface area contributed by atoms with Crippen molar-refractivity contribution in [3.63, 3.8) is 0 Å². The molecule has 1 aliphatic heterocycles. The lowest BCUT2D eigenvalue weighted by atomic mass is 10.0. The molecule has 1 N–H and O–H groups in total. The van der Waals surface area contributed by atoms with E-state index in [1.165, 1.54) is 11.4 Å². The maximum Gasteiger partial charge on any atom is 0.243 e. The van der Waals surface area contributed by atoms with Gasteiger partial charge in [0.1, 0.15) is 5.75 Å². The molecule has 0 bridgehead atoms. The summed E-state index contributed by atoms with van der Waals surface area (Å²) in [4.78, 5) is 13.0. The molecular weight excluding hydrogens is 456 g/mol. The third-order valence-electron chi connectivity index (χ3n) is 6.13. The number of rotatable bonds is 11. The van der Waals surface area contributed by atoms with E-state index in [1.54, 1.807) is 32.4 Å². The molecule has 0 radical (unpaired) electrons. The van der Waals surface area contributed by atoms with E-state index in [1.807, 2.05) is 25.1 Å². The molecule has 0 aliphatic carbocycles. The van der Waals surface area contributed by atoms with Crippen molar-refractivity contribution in [1.29, 1.82) is 0 Å². The summed E-state index contributed by atoms with van der Waals surface area (Å²) in [5.74, 6) is 1.67. The van der Waals surface area contributed by atoms with Crippen LogP contribution in [0.1, 0.15) is 49.8 Å². The van der Waals surface area contributed by atoms with Crippen LogP contribution in [-0.2, 0) is 21.2 Å². The molecule has 1 amide bonds. The van der Waals surface area contributed by atoms with Crippen LogP contribution in [0.4, 0.5) is 0 Å². The van der Waals surface area contributed by atoms with Crippen molar-refractivity contribution in [2.75, 3.05) is 34.4 Å². The Balaban J connectivity index is 1.71. The van der Waals surface area contributed by atoms with Crippen molar-refractivity contribution < 1.29 is 27.4 Å². The molecule has 1 heterocycles. The first-order valence-corrected chi connectivity index (χ1v) is 13.0. The minimum Gasteiger partial charge on any atom is -0.496 e. The summed E-state index contributed by atoms with van der Waals surface area (Å²) >= 11 is 0. The molecule has 2 aromatic carbocycles. The van der Waals surface area contributed by atoms with Crippen molar-refractivity contribution in [2.24, 2.45) is 0 Å². The molecule has 0 aromatic heterocycles. The quantitative estimate of drug-likeness (QED) is 0.516. The number of carbonyl (C=O) groups is 1. The summed E-state index contributed by atoms with van der Waals surface area (Å²) in [7, 11) is 1.15. The Morgan fingerprint density at radius 2 is 1.62 bits per heavy atom. The molecule has 9 heteroatoms. The van der Waals surface area contributed by atoms with Crippen molar-refractivity contribution >= 4 is 15.9 Å². The third kappa shape index (κ3) is 5.82. The van der Waals surface area contributed by atoms with Gasteiger partial charge in [0.05, 0.1) is 32.3 Å². The second-order valence-electron chi connectivity index (χ2n) is 8.23. The Labute approximate surface area is 202 Å². The lowest BCUT2D eigenvalue weighted by molar-refractivity contribution is -0.121. The van der Waals surface area contributed by atoms with Crippen molar-refractivity contribution in [2.45, 2.75) is 50.0 Å². The Kier molecular flexibility index (Phi) is 8.79. The molecule has 8 nitrogen and oxygen atoms in total. The summed E-state index contributed by atoms with van der Waals surface area (Å²) in [6, 6.07) is 10.3. The van der Waals surface area contributed by atoms with E-state index in [4.69, 9.17) is 14.2 Å². The van der Waals surface area contributed by atoms with Gasteiger partial charge in [-0.05, 0) is 67.1 Å². The molecular formula is C25H34N2O6S. The van der Waals surface area contributed by atoms with Gasteiger partial charge in [0, 0.05) is 19.5 Å². The van der Waals surface area contributed by atoms with E-state index >= 15 is 0 Å². The Morgan fingerprint density at radius 1 is 0.971 bits per heavy atom. The summed E-state index contributed by atoms with van der Waals surface area (Å²) in [5.41, 5.74) is 1.61. The van der Waals surface area contributed by atoms with Crippen LogP contribution < -0.4 is 19.5 Å². The zero-order valence-corrected chi connectivity index (χ0v) is 21.1. The Morgan fingerprint density at radius 3 is 2.24 bits per heavy atom. The number of amides is 1. The average Bonchev–Trinajstić information content (AvgIpc) is 3.41. The molecule has 2 aromatic rings. The van der Waals surface area contributed by atoms with E-state index in [-0.39, 0.29) is 23.3 Å². The molecule has 3 rings (SSSR count). The zero-order valence-electron chi connectivity index (χ0n) is 20.3. The number of carbonyl (C=O) groups excluding carboxylic acids is 1. The third-order valence-corrected chi connectivity index (χ3v) is 8.02. The van der Waals surface area contributed by atoms with Gasteiger partial charge < -0.3 is 19.5 Å². The number of hydrogen-bond acceptors (Lipinski definition) is 6. The predicted molar refractivity (Wildman–Crippen MR) is 130 cm³/mol. The van der Waals surface area contributed by atoms with Gasteiger partial charge in [0.15, 0.2) is 11.5 Å². The number of methoxy groups -OCH3 is 3. The van der Waals surface area contributed by atoms with Gasteiger partial charge in [-0.25, -0.2) is 8.42 Å². The van der Waals surface area contributed by atoms with Crippen LogP contribution in [-0.4, -0.2) is 53.0 Å². The van der Waals surface area contributed by atoms with Gasteiger partial charge in [-0.2, -0.15) is 4.31 Å². The molecule has 1 unspecified atom stereocenters.